The van der Waals surface area contributed by atoms with E-state index < -0.39 is 62.2 Å². The van der Waals surface area contributed by atoms with E-state index in [0.717, 1.165) is 112 Å². The van der Waals surface area contributed by atoms with Crippen LogP contribution in [0.4, 0.5) is 10.1 Å². The van der Waals surface area contributed by atoms with Gasteiger partial charge in [-0.05, 0) is 154 Å². The summed E-state index contributed by atoms with van der Waals surface area (Å²) in [6.07, 6.45) is 1.61. The number of ketones is 1. The number of nitrogens with one attached hydrogen (secondary N) is 3. The molecule has 7 aromatic carbocycles. The largest absolute Gasteiger partial charge is 0.508 e. The molecular formula is C87H99FN11O13S2+. The molecule has 0 bridgehead atoms. The molecule has 24 nitrogen and oxygen atoms in total. The van der Waals surface area contributed by atoms with Gasteiger partial charge in [0.25, 0.3) is 5.91 Å². The second-order valence-electron chi connectivity index (χ2n) is 28.8. The van der Waals surface area contributed by atoms with Crippen LogP contribution < -0.4 is 30.8 Å². The molecule has 3 aliphatic rings. The Morgan fingerprint density at radius 1 is 0.632 bits per heavy atom. The highest BCUT2D eigenvalue weighted by molar-refractivity contribution is 7.91. The molecule has 27 heteroatoms. The molecule has 3 atom stereocenters. The smallest absolute Gasteiger partial charge is 0.254 e. The number of carbonyl (C=O) groups is 6. The van der Waals surface area contributed by atoms with Crippen LogP contribution in [0.3, 0.4) is 0 Å². The Bertz CT molecular complexity index is 5300. The number of nitrogens with zero attached hydrogens (tertiary/aromatic N) is 8. The van der Waals surface area contributed by atoms with Gasteiger partial charge in [-0.1, -0.05) is 110 Å². The number of fused-ring (bicyclic) bond motifs is 2. The van der Waals surface area contributed by atoms with Gasteiger partial charge in [0.15, 0.2) is 5.78 Å². The van der Waals surface area contributed by atoms with Crippen LogP contribution in [-0.4, -0.2) is 176 Å². The van der Waals surface area contributed by atoms with Crippen molar-refractivity contribution in [3.05, 3.63) is 239 Å². The van der Waals surface area contributed by atoms with E-state index in [1.807, 2.05) is 30.3 Å². The lowest BCUT2D eigenvalue weighted by atomic mass is 9.90. The molecule has 11 rings (SSSR count). The predicted molar refractivity (Wildman–Crippen MR) is 434 cm³/mol. The number of carbonyl (C=O) groups excluding carboxylic acids is 6. The number of amides is 5. The first-order valence-electron chi connectivity index (χ1n) is 38.9. The first kappa shape index (κ1) is 83.7. The third-order valence-electron chi connectivity index (χ3n) is 20.6. The minimum absolute atomic E-state index is 0.00924. The number of sulfonamides is 1. The monoisotopic (exact) mass is 1590 g/mol. The van der Waals surface area contributed by atoms with Crippen LogP contribution in [0.25, 0.3) is 33.4 Å². The highest BCUT2D eigenvalue weighted by Gasteiger charge is 2.35. The van der Waals surface area contributed by atoms with Crippen molar-refractivity contribution in [1.29, 1.82) is 0 Å². The Labute approximate surface area is 664 Å². The number of sulfone groups is 1. The number of aromatic nitrogens is 3. The molecule has 1 aliphatic carbocycles. The Kier molecular flexibility index (Phi) is 28.3. The lowest BCUT2D eigenvalue weighted by Crippen LogP contribution is -2.50. The normalized spacial score (nSPS) is 13.4. The first-order valence-corrected chi connectivity index (χ1v) is 41.8. The molecule has 0 spiro atoms. The van der Waals surface area contributed by atoms with Gasteiger partial charge in [-0.25, -0.2) is 30.5 Å². The Morgan fingerprint density at radius 3 is 1.94 bits per heavy atom. The second-order valence-corrected chi connectivity index (χ2v) is 32.7. The molecule has 5 amide bonds. The minimum atomic E-state index is -4.41. The molecule has 0 radical (unpaired) electrons. The van der Waals surface area contributed by atoms with E-state index in [1.165, 1.54) is 23.0 Å². The molecule has 8 aromatic rings. The fraction of sp³-hybridized carbons (Fsp3) is 0.345. The van der Waals surface area contributed by atoms with Crippen LogP contribution in [0.2, 0.25) is 0 Å². The highest BCUT2D eigenvalue weighted by atomic mass is 32.2. The van der Waals surface area contributed by atoms with E-state index >= 15 is 0 Å². The van der Waals surface area contributed by atoms with Gasteiger partial charge in [0.05, 0.1) is 45.6 Å². The minimum Gasteiger partial charge on any atom is -0.508 e. The van der Waals surface area contributed by atoms with E-state index in [0.29, 0.717) is 91.1 Å². The van der Waals surface area contributed by atoms with Gasteiger partial charge in [0.1, 0.15) is 47.7 Å². The third-order valence-corrected chi connectivity index (χ3v) is 24.3. The number of aromatic hydroxyl groups is 1. The first-order chi connectivity index (χ1) is 54.8. The number of benzene rings is 8. The van der Waals surface area contributed by atoms with E-state index in [2.05, 4.69) is 99.8 Å². The predicted octanol–water partition coefficient (Wildman–Crippen LogP) is 10.6. The number of piperazine rings is 1. The van der Waals surface area contributed by atoms with Crippen molar-refractivity contribution in [1.82, 2.24) is 49.6 Å². The molecular weight excluding hydrogens is 1490 g/mol. The van der Waals surface area contributed by atoms with Gasteiger partial charge in [-0.15, -0.1) is 5.10 Å². The maximum Gasteiger partial charge on any atom is 0.254 e. The number of aliphatic hydroxyl groups excluding tert-OH is 1. The summed E-state index contributed by atoms with van der Waals surface area (Å²) in [6.45, 7) is 16.3. The van der Waals surface area contributed by atoms with Crippen LogP contribution in [0, 0.1) is 11.7 Å². The number of hydrogen-bond acceptors (Lipinski definition) is 16. The average molecular weight is 1590 g/mol. The third kappa shape index (κ3) is 20.8. The number of halogens is 1. The fourth-order valence-electron chi connectivity index (χ4n) is 14.3. The van der Waals surface area contributed by atoms with Crippen LogP contribution in [-0.2, 0) is 58.4 Å². The standard InChI is InChI=1S/C87H98FN11O13S2/c1-7-94(8-2)66-32-42-74-79(53-66)112-80-54-67(95(9-3)10-4)33-43-75(80)84(74)72-21-16-17-22-73(72)87(107)97-49-47-96(48-50-97)83(104)45-44-81(102)89-46-18-12-15-23-82(103)91-76(51-60-24-28-63(29-25-60)85(105)62-19-13-11-14-20-62)86(106)90-55-65-57-99(93-92-65)77(52-61-26-34-68(100)35-27-61)78(101)58-98(56-59(5)6)114(110,111)71-40-38-70(39-41-71)113(108,109)69-36-30-64(88)31-37-69/h11,13-14,16-17,19-22,24-43,53-54,57,59,76-78,101H,7-10,12,15,18,23,44-52,55-56,58H2,1-6H3,(H3-,89,90,91,100,102,103,106)/p+1/t76-,77-,78?/m0/s1. The Hall–Kier alpha value is -11.3. The van der Waals surface area contributed by atoms with Gasteiger partial charge < -0.3 is 45.3 Å². The number of hydrogen-bond donors (Lipinski definition) is 5. The number of aliphatic hydroxyl groups is 1. The van der Waals surface area contributed by atoms with Gasteiger partial charge in [0.2, 0.25) is 48.8 Å². The number of rotatable bonds is 36. The zero-order chi connectivity index (χ0) is 81.2. The van der Waals surface area contributed by atoms with Crippen molar-refractivity contribution in [2.45, 2.75) is 132 Å². The summed E-state index contributed by atoms with van der Waals surface area (Å²) in [5.74, 6) is -1.97. The molecule has 598 valence electrons. The van der Waals surface area contributed by atoms with E-state index in [1.54, 1.807) is 84.3 Å². The molecule has 2 aliphatic heterocycles. The van der Waals surface area contributed by atoms with E-state index in [9.17, 15) is 60.2 Å². The van der Waals surface area contributed by atoms with Crippen molar-refractivity contribution in [3.63, 3.8) is 0 Å². The molecule has 0 saturated carbocycles. The van der Waals surface area contributed by atoms with Crippen molar-refractivity contribution < 1.29 is 64.6 Å². The number of phenolic OH excluding ortho intramolecular Hbond substituents is 1. The van der Waals surface area contributed by atoms with Gasteiger partial charge in [-0.3, -0.25) is 28.8 Å². The Balaban J connectivity index is 0.680. The average Bonchev–Trinajstić information content (AvgIpc) is 0.852. The molecule has 1 saturated heterocycles. The number of unbranched alkanes of at least 4 members (excludes halogenated alkanes) is 2. The van der Waals surface area contributed by atoms with Crippen molar-refractivity contribution in [3.8, 4) is 28.2 Å². The fourth-order valence-corrected chi connectivity index (χ4v) is 17.2. The summed E-state index contributed by atoms with van der Waals surface area (Å²) in [5.41, 5.74) is 7.32. The van der Waals surface area contributed by atoms with E-state index in [-0.39, 0.29) is 101 Å². The summed E-state index contributed by atoms with van der Waals surface area (Å²) in [5, 5.41) is 41.6. The molecule has 114 heavy (non-hydrogen) atoms. The maximum atomic E-state index is 14.7. The molecule has 1 aromatic heterocycles. The quantitative estimate of drug-likeness (QED) is 0.00801. The lowest BCUT2D eigenvalue weighted by molar-refractivity contribution is -0.134. The van der Waals surface area contributed by atoms with Crippen LogP contribution >= 0.6 is 0 Å². The van der Waals surface area contributed by atoms with Crippen LogP contribution in [0.5, 0.6) is 5.75 Å². The molecule has 1 unspecified atom stereocenters. The summed E-state index contributed by atoms with van der Waals surface area (Å²) in [4.78, 5) is 88.0. The van der Waals surface area contributed by atoms with Crippen LogP contribution in [0.1, 0.15) is 129 Å². The summed E-state index contributed by atoms with van der Waals surface area (Å²) in [7, 11) is -8.55. The number of anilines is 1. The van der Waals surface area contributed by atoms with Crippen molar-refractivity contribution in [2.75, 3.05) is 76.9 Å². The molecule has 3 heterocycles. The van der Waals surface area contributed by atoms with Gasteiger partial charge in [-0.2, -0.15) is 4.31 Å². The molecule has 5 N–H and O–H groups in total. The lowest BCUT2D eigenvalue weighted by Gasteiger charge is -2.35. The zero-order valence-corrected chi connectivity index (χ0v) is 66.7. The SMILES string of the molecule is CCN(CC)c1ccc2c(-c3ccccc3C(=O)N3CCN(C(=O)CCC(=O)NCCCCCC(=O)N[C@@H](Cc4ccc(C(=O)c5ccccc5)cc4)C(=O)NCc4cn([C@@H](Cc5ccc(O)cc5)C(O)CN(CC(C)C)S(=O)(=O)c5ccc(S(=O)(=O)c6ccc(F)cc6)cc5)nn4)CC3)c3ccc(=[N+](CC)CC)cc-3oc2c1. The van der Waals surface area contributed by atoms with E-state index in [4.69, 9.17) is 4.42 Å². The summed E-state index contributed by atoms with van der Waals surface area (Å²) >= 11 is 0. The van der Waals surface area contributed by atoms with Crippen LogP contribution in [0.15, 0.2) is 213 Å². The second kappa shape index (κ2) is 38.5. The topological polar surface area (TPSA) is 307 Å². The zero-order valence-electron chi connectivity index (χ0n) is 65.1. The van der Waals surface area contributed by atoms with Gasteiger partial charge in [0, 0.05) is 136 Å². The van der Waals surface area contributed by atoms with Crippen molar-refractivity contribution in [2.24, 2.45) is 5.92 Å². The Morgan fingerprint density at radius 2 is 1.26 bits per heavy atom. The summed E-state index contributed by atoms with van der Waals surface area (Å²) < 4.78 is 80.9. The van der Waals surface area contributed by atoms with Crippen molar-refractivity contribution >= 4 is 71.8 Å². The summed E-state index contributed by atoms with van der Waals surface area (Å²) in [6, 6.07) is 48.7. The maximum absolute atomic E-state index is 14.7. The highest BCUT2D eigenvalue weighted by Crippen LogP contribution is 2.43. The van der Waals surface area contributed by atoms with Gasteiger partial charge >= 0.3 is 0 Å². The molecule has 1 fully saturated rings. The number of phenols is 1.